The lowest BCUT2D eigenvalue weighted by molar-refractivity contribution is 0.0952. The van der Waals surface area contributed by atoms with Crippen molar-refractivity contribution in [2.45, 2.75) is 24.8 Å². The second-order valence-corrected chi connectivity index (χ2v) is 9.06. The van der Waals surface area contributed by atoms with E-state index in [2.05, 4.69) is 24.4 Å². The molecule has 0 aliphatic rings. The number of benzene rings is 3. The van der Waals surface area contributed by atoms with E-state index in [0.717, 1.165) is 34.1 Å². The highest BCUT2D eigenvalue weighted by atomic mass is 32.2. The van der Waals surface area contributed by atoms with Crippen molar-refractivity contribution in [1.82, 2.24) is 10.3 Å². The third-order valence-electron chi connectivity index (χ3n) is 5.32. The Kier molecular flexibility index (Phi) is 6.03. The van der Waals surface area contributed by atoms with E-state index in [1.54, 1.807) is 12.1 Å². The predicted octanol–water partition coefficient (Wildman–Crippen LogP) is 4.04. The van der Waals surface area contributed by atoms with Crippen LogP contribution in [0.25, 0.3) is 22.2 Å². The van der Waals surface area contributed by atoms with Gasteiger partial charge in [-0.05, 0) is 41.8 Å². The molecule has 3 aromatic carbocycles. The van der Waals surface area contributed by atoms with Crippen LogP contribution in [-0.2, 0) is 23.0 Å². The number of hydrogen-bond donors (Lipinski definition) is 2. The Morgan fingerprint density at radius 1 is 0.938 bits per heavy atom. The summed E-state index contributed by atoms with van der Waals surface area (Å²) < 4.78 is 22.8. The van der Waals surface area contributed by atoms with Gasteiger partial charge >= 0.3 is 0 Å². The molecule has 1 heterocycles. The minimum atomic E-state index is -3.75. The maximum atomic E-state index is 13.1. The lowest BCUT2D eigenvalue weighted by Gasteiger charge is -2.11. The average Bonchev–Trinajstić information content (AvgIpc) is 2.81. The third kappa shape index (κ3) is 4.69. The van der Waals surface area contributed by atoms with Crippen molar-refractivity contribution in [3.8, 4) is 11.3 Å². The number of amides is 1. The van der Waals surface area contributed by atoms with Gasteiger partial charge in [-0.3, -0.25) is 4.79 Å². The van der Waals surface area contributed by atoms with E-state index in [1.807, 2.05) is 42.5 Å². The van der Waals surface area contributed by atoms with Gasteiger partial charge in [0.15, 0.2) is 0 Å². The van der Waals surface area contributed by atoms with Crippen molar-refractivity contribution in [3.63, 3.8) is 0 Å². The zero-order valence-corrected chi connectivity index (χ0v) is 18.4. The van der Waals surface area contributed by atoms with Gasteiger partial charge in [0.1, 0.15) is 0 Å². The molecule has 1 amide bonds. The molecule has 32 heavy (non-hydrogen) atoms. The van der Waals surface area contributed by atoms with Gasteiger partial charge in [-0.15, -0.1) is 0 Å². The molecule has 0 spiro atoms. The van der Waals surface area contributed by atoms with E-state index < -0.39 is 10.0 Å². The number of carbonyl (C=O) groups is 1. The zero-order valence-electron chi connectivity index (χ0n) is 17.6. The largest absolute Gasteiger partial charge is 0.348 e. The maximum absolute atomic E-state index is 13.1. The predicted molar refractivity (Wildman–Crippen MR) is 126 cm³/mol. The fraction of sp³-hybridized carbons (Fsp3) is 0.120. The van der Waals surface area contributed by atoms with Crippen LogP contribution in [-0.4, -0.2) is 19.3 Å². The molecule has 6 nitrogen and oxygen atoms in total. The molecule has 0 radical (unpaired) electrons. The second kappa shape index (κ2) is 8.90. The number of nitrogens with two attached hydrogens (primary N) is 1. The summed E-state index contributed by atoms with van der Waals surface area (Å²) in [5.74, 6) is -0.231. The first-order valence-electron chi connectivity index (χ1n) is 10.2. The van der Waals surface area contributed by atoms with Gasteiger partial charge in [0.2, 0.25) is 10.0 Å². The summed E-state index contributed by atoms with van der Waals surface area (Å²) in [5, 5.41) is 8.81. The number of fused-ring (bicyclic) bond motifs is 1. The summed E-state index contributed by atoms with van der Waals surface area (Å²) in [6, 6.07) is 23.6. The summed E-state index contributed by atoms with van der Waals surface area (Å²) in [5.41, 5.74) is 4.95. The van der Waals surface area contributed by atoms with Gasteiger partial charge in [-0.2, -0.15) is 0 Å². The molecule has 0 atom stereocenters. The van der Waals surface area contributed by atoms with Crippen molar-refractivity contribution in [3.05, 3.63) is 95.6 Å². The van der Waals surface area contributed by atoms with Crippen LogP contribution in [0, 0.1) is 0 Å². The van der Waals surface area contributed by atoms with Gasteiger partial charge < -0.3 is 5.32 Å². The summed E-state index contributed by atoms with van der Waals surface area (Å²) in [6.45, 7) is 2.36. The molecule has 4 aromatic rings. The normalized spacial score (nSPS) is 11.4. The van der Waals surface area contributed by atoms with Crippen molar-refractivity contribution in [2.75, 3.05) is 0 Å². The number of nitrogens with one attached hydrogen (secondary N) is 1. The number of aryl methyl sites for hydroxylation is 1. The van der Waals surface area contributed by atoms with Crippen molar-refractivity contribution >= 4 is 26.8 Å². The van der Waals surface area contributed by atoms with Crippen molar-refractivity contribution in [2.24, 2.45) is 5.14 Å². The molecule has 7 heteroatoms. The summed E-state index contributed by atoms with van der Waals surface area (Å²) >= 11 is 0. The quantitative estimate of drug-likeness (QED) is 0.467. The lowest BCUT2D eigenvalue weighted by atomic mass is 10.0. The standard InChI is InChI=1S/C25H23N3O3S/c1-2-17-7-11-19(12-8-17)24-15-22(21-5-3-4-6-23(21)28-24)25(29)27-16-18-9-13-20(14-10-18)32(26,30)31/h3-15H,2,16H2,1H3,(H,27,29)(H2,26,30,31). The second-order valence-electron chi connectivity index (χ2n) is 7.49. The number of nitrogens with zero attached hydrogens (tertiary/aromatic N) is 1. The number of carbonyl (C=O) groups excluding carboxylic acids is 1. The van der Waals surface area contributed by atoms with E-state index >= 15 is 0 Å². The molecule has 0 aliphatic heterocycles. The van der Waals surface area contributed by atoms with Gasteiger partial charge in [-0.25, -0.2) is 18.5 Å². The van der Waals surface area contributed by atoms with Gasteiger partial charge in [0.25, 0.3) is 5.91 Å². The first-order valence-corrected chi connectivity index (χ1v) is 11.8. The van der Waals surface area contributed by atoms with E-state index in [0.29, 0.717) is 5.56 Å². The van der Waals surface area contributed by atoms with Crippen molar-refractivity contribution in [1.29, 1.82) is 0 Å². The molecule has 162 valence electrons. The topological polar surface area (TPSA) is 102 Å². The van der Waals surface area contributed by atoms with Crippen LogP contribution in [0.2, 0.25) is 0 Å². The maximum Gasteiger partial charge on any atom is 0.252 e. The highest BCUT2D eigenvalue weighted by molar-refractivity contribution is 7.89. The van der Waals surface area contributed by atoms with Crippen LogP contribution in [0.1, 0.15) is 28.4 Å². The fourth-order valence-corrected chi connectivity index (χ4v) is 4.01. The lowest BCUT2D eigenvalue weighted by Crippen LogP contribution is -2.23. The van der Waals surface area contributed by atoms with Crippen LogP contribution >= 0.6 is 0 Å². The number of primary sulfonamides is 1. The third-order valence-corrected chi connectivity index (χ3v) is 6.25. The molecule has 0 unspecified atom stereocenters. The molecule has 0 fully saturated rings. The highest BCUT2D eigenvalue weighted by Gasteiger charge is 2.14. The Labute approximate surface area is 187 Å². The van der Waals surface area contributed by atoms with E-state index in [4.69, 9.17) is 10.1 Å². The first-order chi connectivity index (χ1) is 15.3. The Balaban J connectivity index is 1.62. The fourth-order valence-electron chi connectivity index (χ4n) is 3.50. The van der Waals surface area contributed by atoms with Gasteiger partial charge in [-0.1, -0.05) is 61.5 Å². The van der Waals surface area contributed by atoms with E-state index in [9.17, 15) is 13.2 Å². The zero-order chi connectivity index (χ0) is 22.7. The number of para-hydroxylation sites is 1. The smallest absolute Gasteiger partial charge is 0.252 e. The molecule has 4 rings (SSSR count). The molecule has 0 bridgehead atoms. The molecule has 3 N–H and O–H groups in total. The molecular formula is C25H23N3O3S. The SMILES string of the molecule is CCc1ccc(-c2cc(C(=O)NCc3ccc(S(N)(=O)=O)cc3)c3ccccc3n2)cc1. The van der Waals surface area contributed by atoms with Crippen LogP contribution < -0.4 is 10.5 Å². The van der Waals surface area contributed by atoms with Crippen LogP contribution in [0.4, 0.5) is 0 Å². The number of hydrogen-bond acceptors (Lipinski definition) is 4. The number of rotatable bonds is 6. The van der Waals surface area contributed by atoms with Crippen LogP contribution in [0.5, 0.6) is 0 Å². The minimum Gasteiger partial charge on any atom is -0.348 e. The van der Waals surface area contributed by atoms with E-state index in [1.165, 1.54) is 17.7 Å². The number of sulfonamides is 1. The minimum absolute atomic E-state index is 0.0337. The number of pyridine rings is 1. The Bertz CT molecular complexity index is 1380. The van der Waals surface area contributed by atoms with Gasteiger partial charge in [0.05, 0.1) is 21.7 Å². The van der Waals surface area contributed by atoms with Crippen LogP contribution in [0.15, 0.2) is 83.8 Å². The first kappa shape index (κ1) is 21.7. The van der Waals surface area contributed by atoms with E-state index in [-0.39, 0.29) is 17.3 Å². The number of aromatic nitrogens is 1. The Morgan fingerprint density at radius 3 is 2.25 bits per heavy atom. The highest BCUT2D eigenvalue weighted by Crippen LogP contribution is 2.25. The van der Waals surface area contributed by atoms with Crippen molar-refractivity contribution < 1.29 is 13.2 Å². The Morgan fingerprint density at radius 2 is 1.59 bits per heavy atom. The van der Waals surface area contributed by atoms with Crippen LogP contribution in [0.3, 0.4) is 0 Å². The molecule has 0 aliphatic carbocycles. The summed E-state index contributed by atoms with van der Waals surface area (Å²) in [6.07, 6.45) is 0.956. The summed E-state index contributed by atoms with van der Waals surface area (Å²) in [4.78, 5) is 17.9. The molecule has 0 saturated heterocycles. The monoisotopic (exact) mass is 445 g/mol. The molecule has 1 aromatic heterocycles. The average molecular weight is 446 g/mol. The van der Waals surface area contributed by atoms with Gasteiger partial charge in [0, 0.05) is 17.5 Å². The summed E-state index contributed by atoms with van der Waals surface area (Å²) in [7, 11) is -3.75. The molecule has 0 saturated carbocycles. The Hall–Kier alpha value is -3.55. The molecular weight excluding hydrogens is 422 g/mol.